The average Bonchev–Trinajstić information content (AvgIpc) is 3.43. The van der Waals surface area contributed by atoms with Gasteiger partial charge in [0, 0.05) is 17.1 Å². The van der Waals surface area contributed by atoms with Crippen LogP contribution in [0.3, 0.4) is 0 Å². The van der Waals surface area contributed by atoms with E-state index in [1.165, 1.54) is 6.33 Å². The Bertz CT molecular complexity index is 1220. The second-order valence-corrected chi connectivity index (χ2v) is 8.94. The zero-order chi connectivity index (χ0) is 20.7. The molecule has 1 saturated heterocycles. The summed E-state index contributed by atoms with van der Waals surface area (Å²) in [6.45, 7) is 0.998. The molecule has 0 aliphatic carbocycles. The van der Waals surface area contributed by atoms with E-state index in [1.54, 1.807) is 34.1 Å². The largest absolute Gasteiger partial charge is 0.616 e. The van der Waals surface area contributed by atoms with Crippen molar-refractivity contribution in [1.82, 2.24) is 34.8 Å². The molecule has 1 aromatic carbocycles. The van der Waals surface area contributed by atoms with E-state index in [1.807, 2.05) is 12.1 Å². The second kappa shape index (κ2) is 7.71. The number of carbonyl (C=O) groups excluding carboxylic acids is 1. The fourth-order valence-corrected chi connectivity index (χ4v) is 4.73. The van der Waals surface area contributed by atoms with Gasteiger partial charge in [0.05, 0.1) is 35.6 Å². The van der Waals surface area contributed by atoms with Gasteiger partial charge in [-0.2, -0.15) is 5.10 Å². The summed E-state index contributed by atoms with van der Waals surface area (Å²) >= 11 is 5.60. The molecule has 152 valence electrons. The predicted octanol–water partition coefficient (Wildman–Crippen LogP) is 2.06. The van der Waals surface area contributed by atoms with E-state index in [4.69, 9.17) is 11.6 Å². The lowest BCUT2D eigenvalue weighted by molar-refractivity contribution is 0.0770. The normalized spacial score (nSPS) is 15.1. The third kappa shape index (κ3) is 3.42. The number of benzene rings is 1. The first-order valence-electron chi connectivity index (χ1n) is 9.24. The number of pyridine rings is 1. The maximum Gasteiger partial charge on any atom is 0.255 e. The van der Waals surface area contributed by atoms with Crippen molar-refractivity contribution >= 4 is 39.7 Å². The molecule has 1 amide bonds. The van der Waals surface area contributed by atoms with Gasteiger partial charge in [-0.25, -0.2) is 9.67 Å². The Kier molecular flexibility index (Phi) is 4.89. The highest BCUT2D eigenvalue weighted by Crippen LogP contribution is 2.28. The van der Waals surface area contributed by atoms with E-state index in [9.17, 15) is 9.35 Å². The van der Waals surface area contributed by atoms with Gasteiger partial charge in [0.2, 0.25) is 0 Å². The van der Waals surface area contributed by atoms with Crippen LogP contribution in [-0.4, -0.2) is 69.9 Å². The van der Waals surface area contributed by atoms with Crippen molar-refractivity contribution in [1.29, 1.82) is 0 Å². The van der Waals surface area contributed by atoms with Gasteiger partial charge in [-0.15, -0.1) is 10.2 Å². The van der Waals surface area contributed by atoms with Gasteiger partial charge in [0.1, 0.15) is 17.8 Å². The van der Waals surface area contributed by atoms with E-state index < -0.39 is 11.2 Å². The molecule has 9 nitrogen and oxygen atoms in total. The van der Waals surface area contributed by atoms with E-state index in [2.05, 4.69) is 25.3 Å². The SMILES string of the molecule is O=C(c1cnc2c(cnn2-c2ccc(-c3nnc[nH]3)c(Cl)c2)c1)N1CC[S+]([O-])CC1. The Labute approximate surface area is 179 Å². The molecule has 0 saturated carbocycles. The van der Waals surface area contributed by atoms with Crippen LogP contribution < -0.4 is 0 Å². The number of H-pyrrole nitrogens is 1. The van der Waals surface area contributed by atoms with Crippen LogP contribution in [0.2, 0.25) is 5.02 Å². The maximum atomic E-state index is 12.7. The second-order valence-electron chi connectivity index (χ2n) is 6.84. The molecule has 0 bridgehead atoms. The Morgan fingerprint density at radius 2 is 2.03 bits per heavy atom. The van der Waals surface area contributed by atoms with Crippen molar-refractivity contribution in [2.45, 2.75) is 0 Å². The zero-order valence-corrected chi connectivity index (χ0v) is 17.2. The summed E-state index contributed by atoms with van der Waals surface area (Å²) in [4.78, 5) is 21.9. The van der Waals surface area contributed by atoms with Gasteiger partial charge in [-0.1, -0.05) is 22.8 Å². The van der Waals surface area contributed by atoms with E-state index >= 15 is 0 Å². The van der Waals surface area contributed by atoms with Crippen molar-refractivity contribution in [2.75, 3.05) is 24.6 Å². The zero-order valence-electron chi connectivity index (χ0n) is 15.7. The highest BCUT2D eigenvalue weighted by Gasteiger charge is 2.25. The number of aromatic nitrogens is 6. The molecule has 1 fully saturated rings. The molecular weight excluding hydrogens is 426 g/mol. The molecule has 1 aliphatic heterocycles. The predicted molar refractivity (Wildman–Crippen MR) is 113 cm³/mol. The van der Waals surface area contributed by atoms with Crippen LogP contribution in [-0.2, 0) is 11.2 Å². The van der Waals surface area contributed by atoms with Crippen molar-refractivity contribution < 1.29 is 9.35 Å². The third-order valence-corrected chi connectivity index (χ3v) is 6.58. The minimum absolute atomic E-state index is 0.103. The minimum atomic E-state index is -0.831. The minimum Gasteiger partial charge on any atom is -0.616 e. The molecule has 1 aliphatic rings. The maximum absolute atomic E-state index is 12.7. The summed E-state index contributed by atoms with van der Waals surface area (Å²) in [6, 6.07) is 7.26. The molecule has 0 atom stereocenters. The highest BCUT2D eigenvalue weighted by molar-refractivity contribution is 7.91. The van der Waals surface area contributed by atoms with Crippen LogP contribution in [0.25, 0.3) is 28.1 Å². The molecule has 0 radical (unpaired) electrons. The van der Waals surface area contributed by atoms with Gasteiger partial charge in [-0.05, 0) is 24.3 Å². The standard InChI is InChI=1S/C19H16ClN7O2S/c20-16-8-14(1-2-15(16)17-22-11-23-25-17)27-18-12(10-24-27)7-13(9-21-18)19(28)26-3-5-30(29)6-4-26/h1-2,7-11H,3-6H2,(H,22,23,25). The lowest BCUT2D eigenvalue weighted by Crippen LogP contribution is -2.43. The number of hydrogen-bond acceptors (Lipinski definition) is 6. The number of amides is 1. The number of aromatic amines is 1. The Morgan fingerprint density at radius 1 is 1.20 bits per heavy atom. The summed E-state index contributed by atoms with van der Waals surface area (Å²) in [5.41, 5.74) is 2.59. The molecule has 5 rings (SSSR count). The lowest BCUT2D eigenvalue weighted by atomic mass is 10.2. The van der Waals surface area contributed by atoms with E-state index in [-0.39, 0.29) is 5.91 Å². The summed E-state index contributed by atoms with van der Waals surface area (Å²) in [5, 5.41) is 13.4. The van der Waals surface area contributed by atoms with Gasteiger partial charge >= 0.3 is 0 Å². The van der Waals surface area contributed by atoms with Crippen LogP contribution in [0.5, 0.6) is 0 Å². The highest BCUT2D eigenvalue weighted by atomic mass is 35.5. The van der Waals surface area contributed by atoms with Crippen LogP contribution in [0, 0.1) is 0 Å². The Morgan fingerprint density at radius 3 is 2.77 bits per heavy atom. The molecule has 1 N–H and O–H groups in total. The first-order chi connectivity index (χ1) is 14.6. The first-order valence-corrected chi connectivity index (χ1v) is 11.1. The molecule has 0 unspecified atom stereocenters. The van der Waals surface area contributed by atoms with Crippen molar-refractivity contribution in [3.8, 4) is 17.1 Å². The molecule has 11 heteroatoms. The molecule has 0 spiro atoms. The number of nitrogens with one attached hydrogen (secondary N) is 1. The van der Waals surface area contributed by atoms with Crippen LogP contribution in [0.4, 0.5) is 0 Å². The summed E-state index contributed by atoms with van der Waals surface area (Å²) < 4.78 is 13.2. The fourth-order valence-electron chi connectivity index (χ4n) is 3.42. The average molecular weight is 442 g/mol. The van der Waals surface area contributed by atoms with Gasteiger partial charge in [0.25, 0.3) is 5.91 Å². The first kappa shape index (κ1) is 19.0. The number of halogens is 1. The van der Waals surface area contributed by atoms with Crippen LogP contribution in [0.1, 0.15) is 10.4 Å². The van der Waals surface area contributed by atoms with Crippen LogP contribution in [0.15, 0.2) is 43.0 Å². The smallest absolute Gasteiger partial charge is 0.255 e. The quantitative estimate of drug-likeness (QED) is 0.486. The molecular formula is C19H16ClN7O2S. The van der Waals surface area contributed by atoms with E-state index in [0.29, 0.717) is 46.7 Å². The van der Waals surface area contributed by atoms with Gasteiger partial charge in [0.15, 0.2) is 11.5 Å². The summed E-state index contributed by atoms with van der Waals surface area (Å²) in [6.07, 6.45) is 4.72. The van der Waals surface area contributed by atoms with Crippen molar-refractivity contribution in [3.63, 3.8) is 0 Å². The van der Waals surface area contributed by atoms with E-state index in [0.717, 1.165) is 16.6 Å². The summed E-state index contributed by atoms with van der Waals surface area (Å²) in [5.74, 6) is 1.52. The number of carbonyl (C=O) groups is 1. The van der Waals surface area contributed by atoms with Crippen LogP contribution >= 0.6 is 11.6 Å². The fraction of sp³-hybridized carbons (Fsp3) is 0.211. The van der Waals surface area contributed by atoms with Crippen molar-refractivity contribution in [2.24, 2.45) is 0 Å². The number of nitrogens with zero attached hydrogens (tertiary/aromatic N) is 6. The Hall–Kier alpha value is -2.95. The molecule has 3 aromatic heterocycles. The van der Waals surface area contributed by atoms with Crippen molar-refractivity contribution in [3.05, 3.63) is 53.6 Å². The monoisotopic (exact) mass is 441 g/mol. The number of rotatable bonds is 3. The third-order valence-electron chi connectivity index (χ3n) is 4.99. The van der Waals surface area contributed by atoms with Gasteiger partial charge in [-0.3, -0.25) is 4.79 Å². The van der Waals surface area contributed by atoms with Gasteiger partial charge < -0.3 is 14.4 Å². The number of hydrogen-bond donors (Lipinski definition) is 1. The lowest BCUT2D eigenvalue weighted by Gasteiger charge is -2.28. The molecule has 30 heavy (non-hydrogen) atoms. The molecule has 4 aromatic rings. The number of fused-ring (bicyclic) bond motifs is 1. The Balaban J connectivity index is 1.44. The molecule has 4 heterocycles. The summed E-state index contributed by atoms with van der Waals surface area (Å²) in [7, 11) is 0. The topological polar surface area (TPSA) is 116 Å².